The van der Waals surface area contributed by atoms with Gasteiger partial charge in [0.1, 0.15) is 0 Å². The van der Waals surface area contributed by atoms with Gasteiger partial charge in [0.05, 0.1) is 6.10 Å². The molecular weight excluding hydrogens is 346 g/mol. The number of aliphatic hydroxyl groups excluding tert-OH is 1. The molecule has 1 N–H and O–H groups in total. The van der Waals surface area contributed by atoms with Crippen molar-refractivity contribution in [2.45, 2.75) is 12.5 Å². The van der Waals surface area contributed by atoms with Gasteiger partial charge in [-0.3, -0.25) is 9.80 Å². The standard InChI is InChI=1S/C24H31N3O/c28-24(19-25-13-11-22(12-14-25)21-7-3-1-4-8-21)20-26-15-17-27(18-16-26)23-9-5-2-6-10-23/h1-11,24,28H,12-20H2. The third-order valence-electron chi connectivity index (χ3n) is 5.87. The molecule has 0 bridgehead atoms. The molecular formula is C24H31N3O. The molecule has 2 aromatic carbocycles. The molecule has 0 aromatic heterocycles. The number of aliphatic hydroxyl groups is 1. The summed E-state index contributed by atoms with van der Waals surface area (Å²) in [6.07, 6.45) is 3.10. The number of piperazine rings is 1. The number of β-amino-alcohol motifs (C(OH)–C–C–N with tert-alkyl or cyclic N) is 1. The van der Waals surface area contributed by atoms with Crippen LogP contribution in [0.5, 0.6) is 0 Å². The van der Waals surface area contributed by atoms with E-state index in [1.807, 2.05) is 0 Å². The molecule has 1 unspecified atom stereocenters. The Labute approximate surface area is 168 Å². The van der Waals surface area contributed by atoms with E-state index in [1.165, 1.54) is 16.8 Å². The first-order valence-electron chi connectivity index (χ1n) is 10.4. The Morgan fingerprint density at radius 1 is 0.750 bits per heavy atom. The number of para-hydroxylation sites is 1. The van der Waals surface area contributed by atoms with Gasteiger partial charge in [0, 0.05) is 58.0 Å². The lowest BCUT2D eigenvalue weighted by atomic mass is 9.99. The molecule has 1 saturated heterocycles. The van der Waals surface area contributed by atoms with Crippen molar-refractivity contribution in [3.8, 4) is 0 Å². The molecule has 4 rings (SSSR count). The third kappa shape index (κ3) is 5.02. The number of anilines is 1. The van der Waals surface area contributed by atoms with Crippen molar-refractivity contribution >= 4 is 11.3 Å². The van der Waals surface area contributed by atoms with E-state index in [2.05, 4.69) is 81.4 Å². The fourth-order valence-corrected chi connectivity index (χ4v) is 4.27. The zero-order chi connectivity index (χ0) is 19.2. The van der Waals surface area contributed by atoms with Gasteiger partial charge in [-0.2, -0.15) is 0 Å². The van der Waals surface area contributed by atoms with Crippen molar-refractivity contribution in [2.24, 2.45) is 0 Å². The highest BCUT2D eigenvalue weighted by Gasteiger charge is 2.21. The lowest BCUT2D eigenvalue weighted by Crippen LogP contribution is -2.50. The summed E-state index contributed by atoms with van der Waals surface area (Å²) in [6, 6.07) is 21.3. The van der Waals surface area contributed by atoms with Gasteiger partial charge in [0.2, 0.25) is 0 Å². The van der Waals surface area contributed by atoms with E-state index in [0.717, 1.165) is 58.8 Å². The molecule has 2 aliphatic rings. The van der Waals surface area contributed by atoms with Gasteiger partial charge in [-0.1, -0.05) is 54.6 Å². The average molecular weight is 378 g/mol. The van der Waals surface area contributed by atoms with Crippen LogP contribution in [0.4, 0.5) is 5.69 Å². The summed E-state index contributed by atoms with van der Waals surface area (Å²) in [7, 11) is 0. The smallest absolute Gasteiger partial charge is 0.0793 e. The maximum Gasteiger partial charge on any atom is 0.0793 e. The van der Waals surface area contributed by atoms with Crippen LogP contribution in [0, 0.1) is 0 Å². The molecule has 0 amide bonds. The minimum atomic E-state index is -0.282. The fraction of sp³-hybridized carbons (Fsp3) is 0.417. The number of benzene rings is 2. The van der Waals surface area contributed by atoms with Crippen LogP contribution in [-0.2, 0) is 0 Å². The van der Waals surface area contributed by atoms with Crippen LogP contribution >= 0.6 is 0 Å². The first kappa shape index (κ1) is 19.2. The molecule has 2 aromatic rings. The number of hydrogen-bond acceptors (Lipinski definition) is 4. The molecule has 0 spiro atoms. The monoisotopic (exact) mass is 377 g/mol. The zero-order valence-electron chi connectivity index (χ0n) is 16.6. The predicted molar refractivity (Wildman–Crippen MR) is 117 cm³/mol. The van der Waals surface area contributed by atoms with Crippen LogP contribution in [0.1, 0.15) is 12.0 Å². The van der Waals surface area contributed by atoms with Gasteiger partial charge < -0.3 is 10.0 Å². The molecule has 4 heteroatoms. The summed E-state index contributed by atoms with van der Waals surface area (Å²) in [4.78, 5) is 7.21. The first-order chi connectivity index (χ1) is 13.8. The molecule has 4 nitrogen and oxygen atoms in total. The van der Waals surface area contributed by atoms with Gasteiger partial charge in [-0.05, 0) is 29.7 Å². The van der Waals surface area contributed by atoms with E-state index in [1.54, 1.807) is 0 Å². The Morgan fingerprint density at radius 2 is 1.39 bits per heavy atom. The van der Waals surface area contributed by atoms with Crippen molar-refractivity contribution in [3.05, 3.63) is 72.3 Å². The second-order valence-corrected chi connectivity index (χ2v) is 7.88. The molecule has 0 radical (unpaired) electrons. The van der Waals surface area contributed by atoms with E-state index in [-0.39, 0.29) is 6.10 Å². The highest BCUT2D eigenvalue weighted by atomic mass is 16.3. The molecule has 148 valence electrons. The minimum Gasteiger partial charge on any atom is -0.390 e. The third-order valence-corrected chi connectivity index (χ3v) is 5.87. The molecule has 1 fully saturated rings. The quantitative estimate of drug-likeness (QED) is 0.838. The van der Waals surface area contributed by atoms with Crippen molar-refractivity contribution in [2.75, 3.05) is 57.3 Å². The van der Waals surface area contributed by atoms with Crippen LogP contribution in [-0.4, -0.2) is 73.4 Å². The summed E-state index contributed by atoms with van der Waals surface area (Å²) < 4.78 is 0. The Hall–Kier alpha value is -2.14. The van der Waals surface area contributed by atoms with Crippen LogP contribution in [0.2, 0.25) is 0 Å². The summed E-state index contributed by atoms with van der Waals surface area (Å²) in [5, 5.41) is 10.6. The zero-order valence-corrected chi connectivity index (χ0v) is 16.6. The molecule has 0 aliphatic carbocycles. The summed E-state index contributed by atoms with van der Waals surface area (Å²) in [5.74, 6) is 0. The summed E-state index contributed by atoms with van der Waals surface area (Å²) in [5.41, 5.74) is 4.07. The van der Waals surface area contributed by atoms with E-state index in [4.69, 9.17) is 0 Å². The van der Waals surface area contributed by atoms with Crippen LogP contribution in [0.15, 0.2) is 66.7 Å². The molecule has 28 heavy (non-hydrogen) atoms. The Kier molecular flexibility index (Phi) is 6.42. The molecule has 2 aliphatic heterocycles. The lowest BCUT2D eigenvalue weighted by Gasteiger charge is -2.37. The van der Waals surface area contributed by atoms with Crippen molar-refractivity contribution in [1.82, 2.24) is 9.80 Å². The van der Waals surface area contributed by atoms with Gasteiger partial charge >= 0.3 is 0 Å². The second kappa shape index (κ2) is 9.37. The van der Waals surface area contributed by atoms with Gasteiger partial charge in [-0.15, -0.1) is 0 Å². The van der Waals surface area contributed by atoms with Gasteiger partial charge in [-0.25, -0.2) is 0 Å². The maximum atomic E-state index is 10.6. The van der Waals surface area contributed by atoms with E-state index < -0.39 is 0 Å². The number of hydrogen-bond donors (Lipinski definition) is 1. The highest BCUT2D eigenvalue weighted by molar-refractivity contribution is 5.66. The van der Waals surface area contributed by atoms with E-state index >= 15 is 0 Å². The molecule has 0 saturated carbocycles. The molecule has 1 atom stereocenters. The van der Waals surface area contributed by atoms with Crippen LogP contribution in [0.3, 0.4) is 0 Å². The van der Waals surface area contributed by atoms with Crippen LogP contribution < -0.4 is 4.90 Å². The number of rotatable bonds is 6. The van der Waals surface area contributed by atoms with Crippen molar-refractivity contribution in [3.63, 3.8) is 0 Å². The van der Waals surface area contributed by atoms with Gasteiger partial charge in [0.15, 0.2) is 0 Å². The summed E-state index contributed by atoms with van der Waals surface area (Å²) in [6.45, 7) is 7.59. The fourth-order valence-electron chi connectivity index (χ4n) is 4.27. The highest BCUT2D eigenvalue weighted by Crippen LogP contribution is 2.22. The SMILES string of the molecule is OC(CN1CC=C(c2ccccc2)CC1)CN1CCN(c2ccccc2)CC1. The Bertz CT molecular complexity index is 754. The van der Waals surface area contributed by atoms with Crippen LogP contribution in [0.25, 0.3) is 5.57 Å². The number of nitrogens with zero attached hydrogens (tertiary/aromatic N) is 3. The topological polar surface area (TPSA) is 30.0 Å². The van der Waals surface area contributed by atoms with Crippen molar-refractivity contribution in [1.29, 1.82) is 0 Å². The summed E-state index contributed by atoms with van der Waals surface area (Å²) >= 11 is 0. The molecule has 2 heterocycles. The predicted octanol–water partition coefficient (Wildman–Crippen LogP) is 2.96. The maximum absolute atomic E-state index is 10.6. The van der Waals surface area contributed by atoms with Gasteiger partial charge in [0.25, 0.3) is 0 Å². The van der Waals surface area contributed by atoms with Crippen molar-refractivity contribution < 1.29 is 5.11 Å². The largest absolute Gasteiger partial charge is 0.390 e. The average Bonchev–Trinajstić information content (AvgIpc) is 2.76. The van der Waals surface area contributed by atoms with E-state index in [0.29, 0.717) is 0 Å². The second-order valence-electron chi connectivity index (χ2n) is 7.88. The Morgan fingerprint density at radius 3 is 2.04 bits per heavy atom. The lowest BCUT2D eigenvalue weighted by molar-refractivity contribution is 0.0750. The Balaban J connectivity index is 1.20. The normalized spacial score (nSPS) is 20.0. The first-order valence-corrected chi connectivity index (χ1v) is 10.4. The van der Waals surface area contributed by atoms with E-state index in [9.17, 15) is 5.11 Å². The minimum absolute atomic E-state index is 0.282.